The van der Waals surface area contributed by atoms with Crippen LogP contribution in [0, 0.1) is 0 Å². The van der Waals surface area contributed by atoms with Gasteiger partial charge in [-0.15, -0.1) is 0 Å². The second-order valence-electron chi connectivity index (χ2n) is 28.6. The van der Waals surface area contributed by atoms with Crippen LogP contribution in [0.2, 0.25) is 0 Å². The highest BCUT2D eigenvalue weighted by Crippen LogP contribution is 2.44. The molecule has 650 valence electrons. The van der Waals surface area contributed by atoms with E-state index in [0.717, 1.165) is 20.8 Å². The number of aliphatic hydroxyl groups excluding tert-OH is 25. The number of carboxylic acid groups (broad SMARTS) is 1. The van der Waals surface area contributed by atoms with E-state index in [2.05, 4.69) is 16.0 Å². The van der Waals surface area contributed by atoms with Crippen molar-refractivity contribution in [2.24, 2.45) is 0 Å². The molecule has 0 spiro atoms. The third-order valence-electron chi connectivity index (χ3n) is 20.5. The maximum atomic E-state index is 14.0. The van der Waals surface area contributed by atoms with Crippen molar-refractivity contribution in [3.63, 3.8) is 0 Å². The summed E-state index contributed by atoms with van der Waals surface area (Å²) in [5, 5.41) is 296. The van der Waals surface area contributed by atoms with Crippen LogP contribution in [-0.2, 0) is 95.0 Å². The van der Waals surface area contributed by atoms with E-state index in [1.165, 1.54) is 20.8 Å². The highest BCUT2D eigenvalue weighted by molar-refractivity contribution is 5.76. The summed E-state index contributed by atoms with van der Waals surface area (Å²) in [7, 11) is 0. The SMILES string of the molecule is CC(=O)N[C@H]1[C@H](OC[C@@H](O)[C@H](O)[C@H](O[C@@H]2O[C@H](CO)[C@H](O)[C@H](O[C@]3(C(=O)O)C[C@H](O[C@@H]4O[C@@H](C)[C@@H](O)[C@@H](O)[C@@H]4O)[C@@H](O[C@@H]4O[C@@H](C)[C@@H](O)[C@@H](O)[C@@H]4O)[C@H]([C@H](O)[C@H](O)CO)O3)[C@H]2O)[C@H](CO)NC(C)=O)O[C@H](CO)[C@@H](O[C@@H]2O[C@H](CO)[C@H](O)[C@H](O[C@H]3O[C@H](CO)[C@H](O)[C@H](O)[C@H]3NC(C)=O)[C@H]2O[C@@H]2O[C@@H](C)[C@@H](O)[C@@H](O)[C@@H]2O)[C@@H]1O. The molecule has 29 N–H and O–H groups in total. The molecule has 0 saturated carbocycles. The first-order valence-electron chi connectivity index (χ1n) is 35.8. The van der Waals surface area contributed by atoms with Crippen LogP contribution >= 0.6 is 0 Å². The molecular formula is C63H107N3O46. The number of aliphatic hydroxyl groups is 25. The summed E-state index contributed by atoms with van der Waals surface area (Å²) >= 11 is 0. The molecule has 0 radical (unpaired) electrons. The Hall–Kier alpha value is -3.76. The number of carbonyl (C=O) groups excluding carboxylic acids is 3. The van der Waals surface area contributed by atoms with Crippen molar-refractivity contribution in [3.05, 3.63) is 0 Å². The minimum atomic E-state index is -3.56. The lowest BCUT2D eigenvalue weighted by atomic mass is 9.89. The van der Waals surface area contributed by atoms with Crippen molar-refractivity contribution >= 4 is 23.7 Å². The second-order valence-corrected chi connectivity index (χ2v) is 28.6. The van der Waals surface area contributed by atoms with Crippen LogP contribution in [0.3, 0.4) is 0 Å². The fourth-order valence-electron chi connectivity index (χ4n) is 14.1. The molecule has 0 unspecified atom stereocenters. The van der Waals surface area contributed by atoms with Crippen molar-refractivity contribution in [2.45, 2.75) is 323 Å². The van der Waals surface area contributed by atoms with Gasteiger partial charge in [0.25, 0.3) is 5.79 Å². The molecule has 45 atom stereocenters. The van der Waals surface area contributed by atoms with Gasteiger partial charge in [0.05, 0.1) is 76.7 Å². The van der Waals surface area contributed by atoms with Crippen molar-refractivity contribution in [3.8, 4) is 0 Å². The summed E-state index contributed by atoms with van der Waals surface area (Å²) in [6, 6.07) is -5.64. The number of hydrogen-bond donors (Lipinski definition) is 29. The number of carbonyl (C=O) groups is 4. The number of carboxylic acids is 1. The average molecular weight is 1640 g/mol. The molecule has 0 aromatic carbocycles. The van der Waals surface area contributed by atoms with Gasteiger partial charge in [0.1, 0.15) is 195 Å². The molecule has 3 amide bonds. The number of nitrogens with one attached hydrogen (secondary N) is 3. The Balaban J connectivity index is 1.08. The van der Waals surface area contributed by atoms with Crippen LogP contribution in [0.25, 0.3) is 0 Å². The van der Waals surface area contributed by atoms with Gasteiger partial charge in [-0.2, -0.15) is 0 Å². The standard InChI is InChI=1S/C63H107N3O46/c1-15-31(78)41(88)44(91)57(98-15)101-24-7-63(62(95)96,112-53(34(81)22(76)9-68)50(24)108-58-45(92)42(89)32(79)16(2)99-58)111-51-37(84)26(11-70)103-60(47(51)94)106-48(21(8-67)64-18(4)73)35(82)23(77)14-97-55-30(66-20(6)75)40(87)49(28(13-72)105-55)107-61-54(110-59-46(93)43(90)33(80)17(3)100-59)52(38(85)27(12-71)104-61)109-56-29(65-19(5)74)39(86)36(83)25(10-69)102-56/h15-17,21-61,67-72,76-94H,7-14H2,1-6H3,(H,64,73)(H,65,74)(H,66,75)(H,95,96)/t15-,16-,17-,21-,22+,23+,24-,25+,26+,27+,28+,29+,30+,31+,32+,33+,34+,35-,36-,37-,38-,39+,40+,41+,42+,43+,44-,45-,46-,47+,48+,49+,50+,51-,52-,53-,54+,55+,56+,57-,58-,59-,60-,61-,63+/m0/s1. The van der Waals surface area contributed by atoms with Crippen LogP contribution in [-0.4, -0.2) is 478 Å². The van der Waals surface area contributed by atoms with Crippen LogP contribution in [0.15, 0.2) is 0 Å². The van der Waals surface area contributed by atoms with Gasteiger partial charge in [-0.3, -0.25) is 14.4 Å². The predicted octanol–water partition coefficient (Wildman–Crippen LogP) is -18.3. The third-order valence-corrected chi connectivity index (χ3v) is 20.5. The van der Waals surface area contributed by atoms with Crippen LogP contribution in [0.5, 0.6) is 0 Å². The number of rotatable bonds is 32. The number of amides is 3. The van der Waals surface area contributed by atoms with E-state index in [-0.39, 0.29) is 0 Å². The van der Waals surface area contributed by atoms with Crippen molar-refractivity contribution in [2.75, 3.05) is 46.2 Å². The largest absolute Gasteiger partial charge is 0.477 e. The molecule has 0 aromatic rings. The van der Waals surface area contributed by atoms with Crippen molar-refractivity contribution in [1.82, 2.24) is 16.0 Å². The van der Waals surface area contributed by atoms with Crippen LogP contribution < -0.4 is 16.0 Å². The highest BCUT2D eigenvalue weighted by atomic mass is 16.8. The molecule has 8 fully saturated rings. The summed E-state index contributed by atoms with van der Waals surface area (Å²) in [5.41, 5.74) is 0. The first-order valence-corrected chi connectivity index (χ1v) is 35.8. The van der Waals surface area contributed by atoms with Crippen molar-refractivity contribution in [1.29, 1.82) is 0 Å². The zero-order valence-corrected chi connectivity index (χ0v) is 60.9. The van der Waals surface area contributed by atoms with Gasteiger partial charge < -0.3 is 225 Å². The predicted molar refractivity (Wildman–Crippen MR) is 347 cm³/mol. The Kier molecular flexibility index (Phi) is 33.8. The first kappa shape index (κ1) is 93.7. The zero-order chi connectivity index (χ0) is 83.3. The Morgan fingerprint density at radius 2 is 0.857 bits per heavy atom. The summed E-state index contributed by atoms with van der Waals surface area (Å²) < 4.78 is 94.4. The van der Waals surface area contributed by atoms with E-state index in [9.17, 15) is 152 Å². The van der Waals surface area contributed by atoms with Crippen LogP contribution in [0.1, 0.15) is 48.0 Å². The van der Waals surface area contributed by atoms with E-state index in [1.54, 1.807) is 0 Å². The van der Waals surface area contributed by atoms with Gasteiger partial charge in [-0.05, 0) is 20.8 Å². The molecule has 8 saturated heterocycles. The molecule has 112 heavy (non-hydrogen) atoms. The van der Waals surface area contributed by atoms with Gasteiger partial charge in [-0.25, -0.2) is 4.79 Å². The summed E-state index contributed by atoms with van der Waals surface area (Å²) in [6.07, 6.45) is -87.8. The Morgan fingerprint density at radius 3 is 1.33 bits per heavy atom. The van der Waals surface area contributed by atoms with Gasteiger partial charge in [-0.1, -0.05) is 0 Å². The molecule has 0 aromatic heterocycles. The second kappa shape index (κ2) is 40.3. The monoisotopic (exact) mass is 1640 g/mol. The molecule has 8 heterocycles. The molecule has 0 bridgehead atoms. The quantitative estimate of drug-likeness (QED) is 0.0297. The maximum Gasteiger partial charge on any atom is 0.364 e. The van der Waals surface area contributed by atoms with Gasteiger partial charge in [0.15, 0.2) is 44.0 Å². The Bertz CT molecular complexity index is 2970. The number of aliphatic carboxylic acids is 1. The lowest BCUT2D eigenvalue weighted by molar-refractivity contribution is -0.406. The average Bonchev–Trinajstić information content (AvgIpc) is 0.748. The smallest absolute Gasteiger partial charge is 0.364 e. The zero-order valence-electron chi connectivity index (χ0n) is 60.9. The Morgan fingerprint density at radius 1 is 0.420 bits per heavy atom. The molecule has 8 rings (SSSR count). The Labute approximate surface area is 635 Å². The normalized spacial score (nSPS) is 46.6. The van der Waals surface area contributed by atoms with Gasteiger partial charge >= 0.3 is 5.97 Å². The lowest BCUT2D eigenvalue weighted by Crippen LogP contribution is -2.70. The summed E-state index contributed by atoms with van der Waals surface area (Å²) in [5.74, 6) is -8.65. The molecule has 8 aliphatic rings. The number of ether oxygens (including phenoxy) is 16. The van der Waals surface area contributed by atoms with E-state index < -0.39 is 352 Å². The molecule has 49 nitrogen and oxygen atoms in total. The number of hydrogen-bond acceptors (Lipinski definition) is 45. The summed E-state index contributed by atoms with van der Waals surface area (Å²) in [4.78, 5) is 52.2. The fraction of sp³-hybridized carbons (Fsp3) is 0.937. The van der Waals surface area contributed by atoms with Gasteiger partial charge in [0, 0.05) is 27.2 Å². The molecule has 8 aliphatic heterocycles. The van der Waals surface area contributed by atoms with Crippen molar-refractivity contribution < 1.29 is 228 Å². The third kappa shape index (κ3) is 20.7. The lowest BCUT2D eigenvalue weighted by Gasteiger charge is -2.52. The summed E-state index contributed by atoms with van der Waals surface area (Å²) in [6.45, 7) is -2.02. The minimum Gasteiger partial charge on any atom is -0.477 e. The highest BCUT2D eigenvalue weighted by Gasteiger charge is 2.64. The molecular weight excluding hydrogens is 1530 g/mol. The van der Waals surface area contributed by atoms with E-state index >= 15 is 0 Å². The van der Waals surface area contributed by atoms with E-state index in [1.807, 2.05) is 0 Å². The topological polar surface area (TPSA) is 778 Å². The fourth-order valence-corrected chi connectivity index (χ4v) is 14.1. The minimum absolute atomic E-state index is 0.843. The molecule has 49 heteroatoms. The maximum absolute atomic E-state index is 14.0. The van der Waals surface area contributed by atoms with Crippen LogP contribution in [0.4, 0.5) is 0 Å². The van der Waals surface area contributed by atoms with E-state index in [4.69, 9.17) is 75.8 Å². The first-order chi connectivity index (χ1) is 52.6. The molecule has 0 aliphatic carbocycles. The van der Waals surface area contributed by atoms with Gasteiger partial charge in [0.2, 0.25) is 17.7 Å². The van der Waals surface area contributed by atoms with E-state index in [0.29, 0.717) is 0 Å².